The van der Waals surface area contributed by atoms with Crippen LogP contribution in [0.4, 0.5) is 5.69 Å². The molecule has 0 saturated carbocycles. The Morgan fingerprint density at radius 1 is 1.15 bits per heavy atom. The van der Waals surface area contributed by atoms with Crippen LogP contribution >= 0.6 is 23.5 Å². The molecule has 176 valence electrons. The van der Waals surface area contributed by atoms with Gasteiger partial charge in [0.25, 0.3) is 0 Å². The molecule has 1 fully saturated rings. The van der Waals surface area contributed by atoms with Crippen molar-refractivity contribution in [1.82, 2.24) is 5.32 Å². The van der Waals surface area contributed by atoms with Gasteiger partial charge in [-0.1, -0.05) is 72.9 Å². The lowest BCUT2D eigenvalue weighted by Crippen LogP contribution is -2.32. The fraction of sp³-hybridized carbons (Fsp3) is 0.333. The monoisotopic (exact) mass is 490 g/mol. The van der Waals surface area contributed by atoms with Gasteiger partial charge in [0.2, 0.25) is 0 Å². The van der Waals surface area contributed by atoms with E-state index in [0.29, 0.717) is 12.0 Å². The molecule has 2 aliphatic heterocycles. The van der Waals surface area contributed by atoms with E-state index in [2.05, 4.69) is 72.2 Å². The number of aliphatic imine (C=N–C) groups is 2. The molecule has 2 heterocycles. The summed E-state index contributed by atoms with van der Waals surface area (Å²) in [6.45, 7) is 3.03. The first-order valence-corrected chi connectivity index (χ1v) is 13.6. The van der Waals surface area contributed by atoms with Crippen molar-refractivity contribution in [3.8, 4) is 5.75 Å². The van der Waals surface area contributed by atoms with E-state index in [-0.39, 0.29) is 6.04 Å². The number of thioether (sulfide) groups is 2. The average Bonchev–Trinajstić information content (AvgIpc) is 3.30. The Kier molecular flexibility index (Phi) is 7.30. The number of hydrogen-bond acceptors (Lipinski definition) is 6. The Morgan fingerprint density at radius 2 is 1.97 bits per heavy atom. The Morgan fingerprint density at radius 3 is 2.74 bits per heavy atom. The summed E-state index contributed by atoms with van der Waals surface area (Å²) in [6, 6.07) is 17.5. The van der Waals surface area contributed by atoms with E-state index in [1.165, 1.54) is 16.0 Å². The number of hydrogen-bond donors (Lipinski definition) is 2. The largest absolute Gasteiger partial charge is 0.497 e. The predicted molar refractivity (Wildman–Crippen MR) is 147 cm³/mol. The lowest BCUT2D eigenvalue weighted by molar-refractivity contribution is 0.414. The molecule has 3 unspecified atom stereocenters. The number of benzene rings is 2. The van der Waals surface area contributed by atoms with Crippen molar-refractivity contribution in [3.63, 3.8) is 0 Å². The highest BCUT2D eigenvalue weighted by Gasteiger charge is 2.30. The van der Waals surface area contributed by atoms with Crippen LogP contribution < -0.4 is 15.4 Å². The number of ether oxygens (including phenoxy) is 1. The fourth-order valence-corrected chi connectivity index (χ4v) is 6.30. The van der Waals surface area contributed by atoms with Gasteiger partial charge in [-0.15, -0.1) is 0 Å². The number of amidine groups is 2. The van der Waals surface area contributed by atoms with Gasteiger partial charge in [-0.25, -0.2) is 0 Å². The summed E-state index contributed by atoms with van der Waals surface area (Å²) in [5.41, 5.74) is 3.59. The number of allylic oxidation sites excluding steroid dienone is 2. The molecule has 2 aromatic rings. The Balaban J connectivity index is 1.14. The number of rotatable bonds is 6. The lowest BCUT2D eigenvalue weighted by atomic mass is 9.97. The number of anilines is 1. The smallest absolute Gasteiger partial charge is 0.161 e. The van der Waals surface area contributed by atoms with Crippen LogP contribution in [0.3, 0.4) is 0 Å². The quantitative estimate of drug-likeness (QED) is 0.517. The highest BCUT2D eigenvalue weighted by atomic mass is 32.2. The second kappa shape index (κ2) is 10.7. The van der Waals surface area contributed by atoms with Gasteiger partial charge in [0, 0.05) is 22.9 Å². The number of nitrogens with zero attached hydrogens (tertiary/aromatic N) is 2. The van der Waals surface area contributed by atoms with Gasteiger partial charge in [-0.05, 0) is 54.2 Å². The minimum absolute atomic E-state index is 0.188. The van der Waals surface area contributed by atoms with Gasteiger partial charge < -0.3 is 15.4 Å². The van der Waals surface area contributed by atoms with Crippen LogP contribution in [0.25, 0.3) is 0 Å². The molecular weight excluding hydrogens is 460 g/mol. The SMILES string of the molecule is COc1ccc(C2CCSC(Nc3ccc(CCN=C4NC5C(=CC=CC5C)S4)cc3)=N2)cc1. The molecule has 5 nitrogen and oxygen atoms in total. The Hall–Kier alpha value is -2.64. The second-order valence-electron chi connectivity index (χ2n) is 8.66. The molecule has 2 N–H and O–H groups in total. The maximum Gasteiger partial charge on any atom is 0.161 e. The molecule has 3 atom stereocenters. The van der Waals surface area contributed by atoms with Crippen LogP contribution in [0.2, 0.25) is 0 Å². The zero-order valence-corrected chi connectivity index (χ0v) is 21.2. The number of fused-ring (bicyclic) bond motifs is 1. The summed E-state index contributed by atoms with van der Waals surface area (Å²) in [6.07, 6.45) is 8.57. The van der Waals surface area contributed by atoms with Crippen molar-refractivity contribution in [1.29, 1.82) is 0 Å². The first-order chi connectivity index (χ1) is 16.7. The third kappa shape index (κ3) is 5.53. The maximum atomic E-state index is 5.27. The van der Waals surface area contributed by atoms with Crippen LogP contribution in [-0.2, 0) is 6.42 Å². The first-order valence-electron chi connectivity index (χ1n) is 11.8. The average molecular weight is 491 g/mol. The van der Waals surface area contributed by atoms with Gasteiger partial charge in [-0.2, -0.15) is 0 Å². The van der Waals surface area contributed by atoms with E-state index in [4.69, 9.17) is 14.7 Å². The zero-order chi connectivity index (χ0) is 23.3. The van der Waals surface area contributed by atoms with Crippen molar-refractivity contribution in [2.24, 2.45) is 15.9 Å². The van der Waals surface area contributed by atoms with E-state index >= 15 is 0 Å². The molecule has 0 amide bonds. The van der Waals surface area contributed by atoms with Crippen LogP contribution in [0.1, 0.15) is 30.5 Å². The van der Waals surface area contributed by atoms with E-state index in [1.54, 1.807) is 30.6 Å². The van der Waals surface area contributed by atoms with E-state index in [9.17, 15) is 0 Å². The number of nitrogens with one attached hydrogen (secondary N) is 2. The topological polar surface area (TPSA) is 58.0 Å². The molecule has 0 bridgehead atoms. The third-order valence-corrected chi connectivity index (χ3v) is 8.25. The second-order valence-corrected chi connectivity index (χ2v) is 10.8. The Bertz CT molecular complexity index is 1120. The highest BCUT2D eigenvalue weighted by molar-refractivity contribution is 8.17. The number of methoxy groups -OCH3 is 1. The van der Waals surface area contributed by atoms with Crippen LogP contribution in [0.15, 0.2) is 81.6 Å². The first kappa shape index (κ1) is 23.1. The normalized spacial score (nSPS) is 24.8. The van der Waals surface area contributed by atoms with Crippen molar-refractivity contribution >= 4 is 39.5 Å². The molecular formula is C27H30N4OS2. The van der Waals surface area contributed by atoms with Crippen LogP contribution in [0, 0.1) is 5.92 Å². The molecule has 2 aromatic carbocycles. The summed E-state index contributed by atoms with van der Waals surface area (Å²) in [4.78, 5) is 11.1. The van der Waals surface area contributed by atoms with Crippen LogP contribution in [-0.4, -0.2) is 35.8 Å². The van der Waals surface area contributed by atoms with Gasteiger partial charge in [0.05, 0.1) is 19.2 Å². The molecule has 1 saturated heterocycles. The fourth-order valence-electron chi connectivity index (χ4n) is 4.26. The van der Waals surface area contributed by atoms with Crippen LogP contribution in [0.5, 0.6) is 5.75 Å². The lowest BCUT2D eigenvalue weighted by Gasteiger charge is -2.21. The summed E-state index contributed by atoms with van der Waals surface area (Å²) in [7, 11) is 1.69. The third-order valence-electron chi connectivity index (χ3n) is 6.27. The van der Waals surface area contributed by atoms with Gasteiger partial charge in [0.1, 0.15) is 5.75 Å². The van der Waals surface area contributed by atoms with Gasteiger partial charge in [-0.3, -0.25) is 9.98 Å². The summed E-state index contributed by atoms with van der Waals surface area (Å²) in [5.74, 6) is 2.45. The van der Waals surface area contributed by atoms with Crippen molar-refractivity contribution < 1.29 is 4.74 Å². The predicted octanol–water partition coefficient (Wildman–Crippen LogP) is 6.03. The summed E-state index contributed by atoms with van der Waals surface area (Å²) >= 11 is 3.56. The van der Waals surface area contributed by atoms with Crippen molar-refractivity contribution in [3.05, 3.63) is 82.8 Å². The molecule has 7 heteroatoms. The summed E-state index contributed by atoms with van der Waals surface area (Å²) in [5, 5.41) is 9.09. The van der Waals surface area contributed by atoms with E-state index < -0.39 is 0 Å². The van der Waals surface area contributed by atoms with E-state index in [1.807, 2.05) is 12.1 Å². The van der Waals surface area contributed by atoms with Gasteiger partial charge >= 0.3 is 0 Å². The molecule has 0 radical (unpaired) electrons. The minimum atomic E-state index is 0.188. The highest BCUT2D eigenvalue weighted by Crippen LogP contribution is 2.35. The molecule has 1 aliphatic carbocycles. The Labute approximate surface area is 210 Å². The maximum absolute atomic E-state index is 5.27. The molecule has 5 rings (SSSR count). The molecule has 0 spiro atoms. The molecule has 0 aromatic heterocycles. The minimum Gasteiger partial charge on any atom is -0.497 e. The standard InChI is InChI=1S/C27H30N4OS2/c1-18-4-3-5-24-25(18)31-26(34-24)28-16-14-19-6-10-21(11-7-19)29-27-30-23(15-17-33-27)20-8-12-22(32-2)13-9-20/h3-13,18,23,25H,14-17H2,1-2H3,(H,28,31)(H,29,30). The molecule has 34 heavy (non-hydrogen) atoms. The van der Waals surface area contributed by atoms with E-state index in [0.717, 1.165) is 46.9 Å². The van der Waals surface area contributed by atoms with Crippen molar-refractivity contribution in [2.75, 3.05) is 24.7 Å². The van der Waals surface area contributed by atoms with Gasteiger partial charge in [0.15, 0.2) is 10.3 Å². The zero-order valence-electron chi connectivity index (χ0n) is 19.5. The van der Waals surface area contributed by atoms with Crippen molar-refractivity contribution in [2.45, 2.75) is 31.8 Å². The molecule has 3 aliphatic rings. The summed E-state index contributed by atoms with van der Waals surface area (Å²) < 4.78 is 5.27.